The second-order valence-corrected chi connectivity index (χ2v) is 5.33. The first-order valence-electron chi connectivity index (χ1n) is 5.94. The van der Waals surface area contributed by atoms with Crippen LogP contribution >= 0.6 is 11.8 Å². The zero-order chi connectivity index (χ0) is 12.1. The molecule has 2 rings (SSSR count). The number of hydrogen-bond acceptors (Lipinski definition) is 3. The van der Waals surface area contributed by atoms with Gasteiger partial charge in [-0.05, 0) is 24.5 Å². The maximum absolute atomic E-state index is 13.7. The highest BCUT2D eigenvalue weighted by atomic mass is 32.2. The summed E-state index contributed by atoms with van der Waals surface area (Å²) in [6, 6.07) is 5.94. The van der Waals surface area contributed by atoms with E-state index >= 15 is 0 Å². The third kappa shape index (κ3) is 3.98. The molecule has 0 bridgehead atoms. The Morgan fingerprint density at radius 1 is 1.47 bits per heavy atom. The van der Waals surface area contributed by atoms with Gasteiger partial charge in [-0.1, -0.05) is 12.1 Å². The van der Waals surface area contributed by atoms with Crippen molar-refractivity contribution in [3.05, 3.63) is 29.6 Å². The Balaban J connectivity index is 1.98. The molecule has 94 valence electrons. The highest BCUT2D eigenvalue weighted by Crippen LogP contribution is 2.27. The zero-order valence-corrected chi connectivity index (χ0v) is 10.9. The molecule has 1 saturated carbocycles. The Hall–Kier alpha value is -0.580. The van der Waals surface area contributed by atoms with Crippen molar-refractivity contribution in [2.24, 2.45) is 0 Å². The van der Waals surface area contributed by atoms with Crippen LogP contribution in [-0.2, 0) is 11.3 Å². The SMILES string of the molecule is COCCSc1c(F)cccc1CNC1CC1. The fourth-order valence-electron chi connectivity index (χ4n) is 1.62. The predicted molar refractivity (Wildman–Crippen MR) is 68.9 cm³/mol. The number of nitrogens with one attached hydrogen (secondary N) is 1. The van der Waals surface area contributed by atoms with Crippen LogP contribution in [-0.4, -0.2) is 25.5 Å². The molecule has 1 aromatic carbocycles. The standard InChI is InChI=1S/C13H18FNOS/c1-16-7-8-17-13-10(3-2-4-12(13)14)9-15-11-5-6-11/h2-4,11,15H,5-9H2,1H3. The second kappa shape index (κ2) is 6.38. The number of thioether (sulfide) groups is 1. The smallest absolute Gasteiger partial charge is 0.137 e. The number of ether oxygens (including phenoxy) is 1. The molecule has 0 aromatic heterocycles. The van der Waals surface area contributed by atoms with Gasteiger partial charge in [0, 0.05) is 30.3 Å². The first-order valence-corrected chi connectivity index (χ1v) is 6.92. The van der Waals surface area contributed by atoms with Crippen molar-refractivity contribution in [3.63, 3.8) is 0 Å². The third-order valence-electron chi connectivity index (χ3n) is 2.74. The van der Waals surface area contributed by atoms with Crippen LogP contribution < -0.4 is 5.32 Å². The van der Waals surface area contributed by atoms with Crippen LogP contribution in [0.4, 0.5) is 4.39 Å². The summed E-state index contributed by atoms with van der Waals surface area (Å²) >= 11 is 1.53. The summed E-state index contributed by atoms with van der Waals surface area (Å²) in [6.07, 6.45) is 2.50. The van der Waals surface area contributed by atoms with E-state index in [1.807, 2.05) is 6.07 Å². The first kappa shape index (κ1) is 12.9. The van der Waals surface area contributed by atoms with Crippen LogP contribution in [0.25, 0.3) is 0 Å². The Kier molecular flexibility index (Phi) is 4.83. The van der Waals surface area contributed by atoms with Crippen LogP contribution in [0, 0.1) is 5.82 Å². The average Bonchev–Trinajstić information content (AvgIpc) is 3.13. The van der Waals surface area contributed by atoms with E-state index in [1.54, 1.807) is 13.2 Å². The van der Waals surface area contributed by atoms with Crippen LogP contribution in [0.3, 0.4) is 0 Å². The van der Waals surface area contributed by atoms with Crippen molar-refractivity contribution >= 4 is 11.8 Å². The van der Waals surface area contributed by atoms with Gasteiger partial charge < -0.3 is 10.1 Å². The van der Waals surface area contributed by atoms with E-state index in [1.165, 1.54) is 30.7 Å². The van der Waals surface area contributed by atoms with Crippen LogP contribution in [0.1, 0.15) is 18.4 Å². The lowest BCUT2D eigenvalue weighted by Crippen LogP contribution is -2.16. The summed E-state index contributed by atoms with van der Waals surface area (Å²) in [5, 5.41) is 3.42. The fourth-order valence-corrected chi connectivity index (χ4v) is 2.61. The van der Waals surface area contributed by atoms with E-state index in [2.05, 4.69) is 5.32 Å². The molecule has 1 fully saturated rings. The van der Waals surface area contributed by atoms with Gasteiger partial charge in [0.25, 0.3) is 0 Å². The van der Waals surface area contributed by atoms with Crippen molar-refractivity contribution in [1.29, 1.82) is 0 Å². The normalized spacial score (nSPS) is 15.2. The molecule has 1 aliphatic carbocycles. The number of rotatable bonds is 7. The molecule has 0 heterocycles. The van der Waals surface area contributed by atoms with Gasteiger partial charge >= 0.3 is 0 Å². The topological polar surface area (TPSA) is 21.3 Å². The lowest BCUT2D eigenvalue weighted by atomic mass is 10.2. The van der Waals surface area contributed by atoms with Crippen molar-refractivity contribution in [1.82, 2.24) is 5.32 Å². The minimum Gasteiger partial charge on any atom is -0.384 e. The maximum atomic E-state index is 13.7. The van der Waals surface area contributed by atoms with Gasteiger partial charge in [-0.25, -0.2) is 4.39 Å². The fraction of sp³-hybridized carbons (Fsp3) is 0.538. The Morgan fingerprint density at radius 3 is 3.00 bits per heavy atom. The molecule has 1 aromatic rings. The Labute approximate surface area is 106 Å². The molecular formula is C13H18FNOS. The molecule has 0 unspecified atom stereocenters. The Morgan fingerprint density at radius 2 is 2.29 bits per heavy atom. The maximum Gasteiger partial charge on any atom is 0.137 e. The average molecular weight is 255 g/mol. The molecular weight excluding hydrogens is 237 g/mol. The van der Waals surface area contributed by atoms with Crippen LogP contribution in [0.5, 0.6) is 0 Å². The van der Waals surface area contributed by atoms with E-state index in [0.29, 0.717) is 12.6 Å². The van der Waals surface area contributed by atoms with Gasteiger partial charge in [0.05, 0.1) is 6.61 Å². The predicted octanol–water partition coefficient (Wildman–Crippen LogP) is 2.82. The Bertz CT molecular complexity index is 368. The van der Waals surface area contributed by atoms with Gasteiger partial charge in [-0.15, -0.1) is 11.8 Å². The van der Waals surface area contributed by atoms with Crippen LogP contribution in [0.2, 0.25) is 0 Å². The molecule has 17 heavy (non-hydrogen) atoms. The molecule has 1 aliphatic rings. The van der Waals surface area contributed by atoms with Gasteiger partial charge in [0.15, 0.2) is 0 Å². The summed E-state index contributed by atoms with van der Waals surface area (Å²) < 4.78 is 18.7. The van der Waals surface area contributed by atoms with E-state index in [-0.39, 0.29) is 5.82 Å². The first-order chi connectivity index (χ1) is 8.31. The van der Waals surface area contributed by atoms with Crippen molar-refractivity contribution in [2.75, 3.05) is 19.5 Å². The van der Waals surface area contributed by atoms with Gasteiger partial charge in [0.2, 0.25) is 0 Å². The minimum absolute atomic E-state index is 0.124. The largest absolute Gasteiger partial charge is 0.384 e. The number of hydrogen-bond donors (Lipinski definition) is 1. The van der Waals surface area contributed by atoms with Crippen LogP contribution in [0.15, 0.2) is 23.1 Å². The molecule has 0 saturated heterocycles. The van der Waals surface area contributed by atoms with E-state index in [4.69, 9.17) is 4.74 Å². The monoisotopic (exact) mass is 255 g/mol. The number of benzene rings is 1. The molecule has 0 aliphatic heterocycles. The molecule has 1 N–H and O–H groups in total. The third-order valence-corrected chi connectivity index (χ3v) is 3.86. The summed E-state index contributed by atoms with van der Waals surface area (Å²) in [6.45, 7) is 1.41. The van der Waals surface area contributed by atoms with E-state index in [0.717, 1.165) is 22.8 Å². The lowest BCUT2D eigenvalue weighted by molar-refractivity contribution is 0.218. The highest BCUT2D eigenvalue weighted by Gasteiger charge is 2.20. The number of halogens is 1. The van der Waals surface area contributed by atoms with E-state index in [9.17, 15) is 4.39 Å². The molecule has 4 heteroatoms. The molecule has 0 amide bonds. The highest BCUT2D eigenvalue weighted by molar-refractivity contribution is 7.99. The van der Waals surface area contributed by atoms with E-state index < -0.39 is 0 Å². The lowest BCUT2D eigenvalue weighted by Gasteiger charge is -2.10. The van der Waals surface area contributed by atoms with Crippen molar-refractivity contribution in [2.45, 2.75) is 30.3 Å². The molecule has 2 nitrogen and oxygen atoms in total. The minimum atomic E-state index is -0.124. The van der Waals surface area contributed by atoms with Gasteiger partial charge in [0.1, 0.15) is 5.82 Å². The zero-order valence-electron chi connectivity index (χ0n) is 10.0. The van der Waals surface area contributed by atoms with Crippen molar-refractivity contribution < 1.29 is 9.13 Å². The van der Waals surface area contributed by atoms with Crippen molar-refractivity contribution in [3.8, 4) is 0 Å². The van der Waals surface area contributed by atoms with Gasteiger partial charge in [-0.2, -0.15) is 0 Å². The summed E-state index contributed by atoms with van der Waals surface area (Å²) in [4.78, 5) is 0.762. The summed E-state index contributed by atoms with van der Waals surface area (Å²) in [5.74, 6) is 0.662. The number of methoxy groups -OCH3 is 1. The summed E-state index contributed by atoms with van der Waals surface area (Å²) in [7, 11) is 1.66. The quantitative estimate of drug-likeness (QED) is 0.598. The molecule has 0 spiro atoms. The molecule has 0 radical (unpaired) electrons. The van der Waals surface area contributed by atoms with Gasteiger partial charge in [-0.3, -0.25) is 0 Å². The summed E-state index contributed by atoms with van der Waals surface area (Å²) in [5.41, 5.74) is 1.05. The second-order valence-electron chi connectivity index (χ2n) is 4.22. The molecule has 0 atom stereocenters.